The maximum Gasteiger partial charge on any atom is 0.416 e. The number of fused-ring (bicyclic) bond motifs is 1. The molecule has 0 fully saturated rings. The van der Waals surface area contributed by atoms with Crippen LogP contribution in [0.15, 0.2) is 83.9 Å². The number of carbonyl (C=O) groups excluding carboxylic acids is 1. The Bertz CT molecular complexity index is 1640. The fraction of sp³-hybridized carbons (Fsp3) is 0.300. The molecule has 0 bridgehead atoms. The second kappa shape index (κ2) is 13.0. The van der Waals surface area contributed by atoms with E-state index in [0.29, 0.717) is 19.0 Å². The van der Waals surface area contributed by atoms with Crippen LogP contribution in [-0.4, -0.2) is 19.2 Å². The highest BCUT2D eigenvalue weighted by Gasteiger charge is 2.34. The zero-order valence-electron chi connectivity index (χ0n) is 23.3. The van der Waals surface area contributed by atoms with Crippen LogP contribution in [0.1, 0.15) is 66.1 Å². The molecule has 0 aromatic heterocycles. The highest BCUT2D eigenvalue weighted by Crippen LogP contribution is 2.34. The van der Waals surface area contributed by atoms with E-state index in [1.165, 1.54) is 18.2 Å². The molecule has 0 unspecified atom stereocenters. The Labute approximate surface area is 247 Å². The minimum absolute atomic E-state index is 0.100. The number of amides is 1. The van der Waals surface area contributed by atoms with Gasteiger partial charge in [0.15, 0.2) is 0 Å². The molecule has 0 saturated carbocycles. The summed E-state index contributed by atoms with van der Waals surface area (Å²) in [5.74, 6) is -0.583. The molecule has 0 spiro atoms. The van der Waals surface area contributed by atoms with Gasteiger partial charge in [0.1, 0.15) is 0 Å². The third kappa shape index (κ3) is 7.99. The number of benzene rings is 3. The average Bonchev–Trinajstić information content (AvgIpc) is 2.95. The second-order valence-electron chi connectivity index (χ2n) is 10.4. The SMILES string of the molecule is C=C(C)NCc1ccc2c(c1)CCC[C@H]2NC(=O)C[C@H](NS(=O)(=O)c1cccc(C(F)(F)F)c1)c1ccccc1[N+](=O)[O-]. The fourth-order valence-electron chi connectivity index (χ4n) is 5.08. The number of rotatable bonds is 11. The molecule has 0 saturated heterocycles. The van der Waals surface area contributed by atoms with E-state index >= 15 is 0 Å². The Balaban J connectivity index is 1.60. The zero-order chi connectivity index (χ0) is 31.4. The van der Waals surface area contributed by atoms with E-state index in [-0.39, 0.29) is 11.6 Å². The van der Waals surface area contributed by atoms with Gasteiger partial charge in [-0.1, -0.05) is 49.0 Å². The van der Waals surface area contributed by atoms with Crippen LogP contribution in [0, 0.1) is 10.1 Å². The van der Waals surface area contributed by atoms with Crippen LogP contribution in [0.4, 0.5) is 18.9 Å². The summed E-state index contributed by atoms with van der Waals surface area (Å²) >= 11 is 0. The Morgan fingerprint density at radius 3 is 2.56 bits per heavy atom. The molecular weight excluding hydrogens is 585 g/mol. The largest absolute Gasteiger partial charge is 0.416 e. The van der Waals surface area contributed by atoms with Crippen LogP contribution in [0.3, 0.4) is 0 Å². The van der Waals surface area contributed by atoms with Crippen LogP contribution < -0.4 is 15.4 Å². The van der Waals surface area contributed by atoms with Gasteiger partial charge in [-0.25, -0.2) is 13.1 Å². The average molecular weight is 617 g/mol. The monoisotopic (exact) mass is 616 g/mol. The first-order valence-electron chi connectivity index (χ1n) is 13.5. The lowest BCUT2D eigenvalue weighted by Gasteiger charge is -2.28. The number of nitrogens with one attached hydrogen (secondary N) is 3. The number of allylic oxidation sites excluding steroid dienone is 1. The highest BCUT2D eigenvalue weighted by atomic mass is 32.2. The number of sulfonamides is 1. The summed E-state index contributed by atoms with van der Waals surface area (Å²) in [5, 5.41) is 17.9. The summed E-state index contributed by atoms with van der Waals surface area (Å²) in [6, 6.07) is 12.6. The van der Waals surface area contributed by atoms with Crippen molar-refractivity contribution in [3.8, 4) is 0 Å². The first-order chi connectivity index (χ1) is 20.2. The van der Waals surface area contributed by atoms with Gasteiger partial charge in [0.25, 0.3) is 5.69 Å². The summed E-state index contributed by atoms with van der Waals surface area (Å²) < 4.78 is 68.5. The Hall–Kier alpha value is -4.23. The molecule has 3 aromatic rings. The third-order valence-corrected chi connectivity index (χ3v) is 8.59. The number of nitro groups is 1. The van der Waals surface area contributed by atoms with Crippen molar-refractivity contribution in [2.45, 2.75) is 62.3 Å². The summed E-state index contributed by atoms with van der Waals surface area (Å²) in [4.78, 5) is 23.7. The fourth-order valence-corrected chi connectivity index (χ4v) is 6.34. The maximum absolute atomic E-state index is 13.4. The number of halogens is 3. The van der Waals surface area contributed by atoms with Crippen molar-refractivity contribution in [1.82, 2.24) is 15.4 Å². The van der Waals surface area contributed by atoms with E-state index in [2.05, 4.69) is 28.0 Å². The molecule has 228 valence electrons. The lowest BCUT2D eigenvalue weighted by atomic mass is 9.86. The molecule has 1 aliphatic rings. The van der Waals surface area contributed by atoms with E-state index in [0.717, 1.165) is 59.5 Å². The summed E-state index contributed by atoms with van der Waals surface area (Å²) in [5.41, 5.74) is 2.16. The summed E-state index contributed by atoms with van der Waals surface area (Å²) in [7, 11) is -4.64. The molecule has 0 aliphatic heterocycles. The normalized spacial score (nSPS) is 15.7. The Morgan fingerprint density at radius 1 is 1.12 bits per heavy atom. The van der Waals surface area contributed by atoms with Crippen LogP contribution in [0.2, 0.25) is 0 Å². The summed E-state index contributed by atoms with van der Waals surface area (Å²) in [6.45, 7) is 6.29. The number of carbonyl (C=O) groups is 1. The molecule has 9 nitrogen and oxygen atoms in total. The molecule has 1 amide bonds. The van der Waals surface area contributed by atoms with E-state index in [4.69, 9.17) is 0 Å². The van der Waals surface area contributed by atoms with Crippen molar-refractivity contribution in [1.29, 1.82) is 0 Å². The minimum Gasteiger partial charge on any atom is -0.385 e. The van der Waals surface area contributed by atoms with E-state index in [1.54, 1.807) is 0 Å². The van der Waals surface area contributed by atoms with Gasteiger partial charge < -0.3 is 10.6 Å². The number of para-hydroxylation sites is 1. The Morgan fingerprint density at radius 2 is 1.86 bits per heavy atom. The van der Waals surface area contributed by atoms with Crippen molar-refractivity contribution in [2.75, 3.05) is 0 Å². The number of alkyl halides is 3. The van der Waals surface area contributed by atoms with Gasteiger partial charge in [-0.2, -0.15) is 13.2 Å². The predicted octanol–water partition coefficient (Wildman–Crippen LogP) is 5.84. The molecular formula is C30H31F3N4O5S. The lowest BCUT2D eigenvalue weighted by Crippen LogP contribution is -2.36. The van der Waals surface area contributed by atoms with Crippen molar-refractivity contribution in [3.63, 3.8) is 0 Å². The topological polar surface area (TPSA) is 130 Å². The molecule has 1 aliphatic carbocycles. The molecule has 0 radical (unpaired) electrons. The molecule has 0 heterocycles. The van der Waals surface area contributed by atoms with E-state index in [9.17, 15) is 36.5 Å². The van der Waals surface area contributed by atoms with Gasteiger partial charge >= 0.3 is 6.18 Å². The maximum atomic E-state index is 13.4. The number of nitrogens with zero attached hydrogens (tertiary/aromatic N) is 1. The van der Waals surface area contributed by atoms with Gasteiger partial charge in [-0.3, -0.25) is 14.9 Å². The molecule has 3 aromatic carbocycles. The molecule has 13 heteroatoms. The van der Waals surface area contributed by atoms with Crippen LogP contribution in [0.25, 0.3) is 0 Å². The van der Waals surface area contributed by atoms with Gasteiger partial charge in [0.05, 0.1) is 27.5 Å². The number of hydrogen-bond donors (Lipinski definition) is 3. The highest BCUT2D eigenvalue weighted by molar-refractivity contribution is 7.89. The van der Waals surface area contributed by atoms with Crippen LogP contribution >= 0.6 is 0 Å². The standard InChI is InChI=1S/C30H31F3N4O5S/c1-19(2)34-18-20-13-14-24-21(15-20)7-5-11-26(24)35-29(38)17-27(25-10-3-4-12-28(25)37(39)40)36-43(41,42)23-9-6-8-22(16-23)30(31,32)33/h3-4,6,8-10,12-16,26-27,34,36H,1,5,7,11,17-18H2,2H3,(H,35,38)/t26-,27+/m1/s1. The number of aryl methyl sites for hydroxylation is 1. The van der Waals surface area contributed by atoms with E-state index in [1.807, 2.05) is 19.1 Å². The smallest absolute Gasteiger partial charge is 0.385 e. The van der Waals surface area contributed by atoms with Crippen molar-refractivity contribution in [3.05, 3.63) is 117 Å². The molecule has 43 heavy (non-hydrogen) atoms. The first kappa shape index (κ1) is 31.7. The number of nitro benzene ring substituents is 1. The zero-order valence-corrected chi connectivity index (χ0v) is 24.1. The van der Waals surface area contributed by atoms with Crippen molar-refractivity contribution < 1.29 is 31.3 Å². The molecule has 4 rings (SSSR count). The minimum atomic E-state index is -4.79. The van der Waals surface area contributed by atoms with Gasteiger partial charge in [0.2, 0.25) is 15.9 Å². The van der Waals surface area contributed by atoms with Gasteiger partial charge in [-0.15, -0.1) is 0 Å². The predicted molar refractivity (Wildman–Crippen MR) is 154 cm³/mol. The van der Waals surface area contributed by atoms with Crippen LogP contribution in [-0.2, 0) is 34.0 Å². The summed E-state index contributed by atoms with van der Waals surface area (Å²) in [6.07, 6.45) is -3.08. The lowest BCUT2D eigenvalue weighted by molar-refractivity contribution is -0.385. The third-order valence-electron chi connectivity index (χ3n) is 7.12. The van der Waals surface area contributed by atoms with Gasteiger partial charge in [0, 0.05) is 30.3 Å². The van der Waals surface area contributed by atoms with Crippen molar-refractivity contribution in [2.24, 2.45) is 0 Å². The quantitative estimate of drug-likeness (QED) is 0.183. The molecule has 2 atom stereocenters. The first-order valence-corrected chi connectivity index (χ1v) is 15.0. The van der Waals surface area contributed by atoms with Crippen molar-refractivity contribution >= 4 is 21.6 Å². The molecule has 3 N–H and O–H groups in total. The number of hydrogen-bond acceptors (Lipinski definition) is 6. The van der Waals surface area contributed by atoms with Crippen LogP contribution in [0.5, 0.6) is 0 Å². The van der Waals surface area contributed by atoms with Gasteiger partial charge in [-0.05, 0) is 61.1 Å². The second-order valence-corrected chi connectivity index (χ2v) is 12.1. The van der Waals surface area contributed by atoms with E-state index < -0.39 is 55.6 Å². The Kier molecular flexibility index (Phi) is 9.55.